The van der Waals surface area contributed by atoms with Gasteiger partial charge in [-0.2, -0.15) is 5.26 Å². The Balaban J connectivity index is 1.49. The Morgan fingerprint density at radius 1 is 1.06 bits per heavy atom. The predicted molar refractivity (Wildman–Crippen MR) is 134 cm³/mol. The lowest BCUT2D eigenvalue weighted by atomic mass is 10.1. The molecule has 0 bridgehead atoms. The van der Waals surface area contributed by atoms with Gasteiger partial charge in [-0.15, -0.1) is 0 Å². The zero-order valence-corrected chi connectivity index (χ0v) is 20.6. The average molecular weight is 535 g/mol. The summed E-state index contributed by atoms with van der Waals surface area (Å²) in [5.41, 5.74) is 2.90. The van der Waals surface area contributed by atoms with Gasteiger partial charge in [0.25, 0.3) is 11.1 Å². The molecule has 1 heterocycles. The average Bonchev–Trinajstić information content (AvgIpc) is 3.11. The van der Waals surface area contributed by atoms with Crippen LogP contribution in [0.2, 0.25) is 0 Å². The summed E-state index contributed by atoms with van der Waals surface area (Å²) in [4.78, 5) is 26.9. The van der Waals surface area contributed by atoms with Gasteiger partial charge in [0.05, 0.1) is 30.2 Å². The fourth-order valence-electron chi connectivity index (χ4n) is 3.36. The van der Waals surface area contributed by atoms with Gasteiger partial charge in [-0.3, -0.25) is 14.5 Å². The zero-order chi connectivity index (χ0) is 24.1. The summed E-state index contributed by atoms with van der Waals surface area (Å²) in [6, 6.07) is 22.1. The molecule has 1 aliphatic heterocycles. The number of methoxy groups -OCH3 is 1. The van der Waals surface area contributed by atoms with Gasteiger partial charge in [-0.1, -0.05) is 52.3 Å². The molecule has 2 amide bonds. The number of carbonyl (C=O) groups is 2. The number of rotatable bonds is 7. The van der Waals surface area contributed by atoms with Crippen LogP contribution >= 0.6 is 27.7 Å². The van der Waals surface area contributed by atoms with E-state index in [4.69, 9.17) is 9.47 Å². The van der Waals surface area contributed by atoms with Gasteiger partial charge >= 0.3 is 0 Å². The molecular weight excluding hydrogens is 516 g/mol. The first kappa shape index (κ1) is 23.6. The van der Waals surface area contributed by atoms with Crippen molar-refractivity contribution in [1.82, 2.24) is 4.90 Å². The Kier molecular flexibility index (Phi) is 7.36. The molecule has 1 fully saturated rings. The number of ether oxygens (including phenoxy) is 2. The quantitative estimate of drug-likeness (QED) is 0.338. The number of carbonyl (C=O) groups excluding carboxylic acids is 2. The maximum atomic E-state index is 12.9. The summed E-state index contributed by atoms with van der Waals surface area (Å²) in [7, 11) is 1.53. The lowest BCUT2D eigenvalue weighted by molar-refractivity contribution is -0.123. The number of thioether (sulfide) groups is 1. The van der Waals surface area contributed by atoms with Crippen molar-refractivity contribution < 1.29 is 19.1 Å². The minimum atomic E-state index is -0.328. The van der Waals surface area contributed by atoms with Gasteiger partial charge in [0.1, 0.15) is 6.61 Å². The first-order valence-electron chi connectivity index (χ1n) is 10.3. The molecule has 0 radical (unpaired) electrons. The fraction of sp³-hybridized carbons (Fsp3) is 0.115. The number of nitrogens with zero attached hydrogens (tertiary/aromatic N) is 2. The highest BCUT2D eigenvalue weighted by molar-refractivity contribution is 9.10. The van der Waals surface area contributed by atoms with E-state index in [1.165, 1.54) is 12.0 Å². The number of hydrogen-bond donors (Lipinski definition) is 0. The number of nitriles is 1. The first-order chi connectivity index (χ1) is 16.5. The lowest BCUT2D eigenvalue weighted by Gasteiger charge is -2.13. The normalized spacial score (nSPS) is 14.4. The Morgan fingerprint density at radius 2 is 1.82 bits per heavy atom. The Labute approximate surface area is 209 Å². The van der Waals surface area contributed by atoms with Crippen LogP contribution in [0.3, 0.4) is 0 Å². The Morgan fingerprint density at radius 3 is 2.56 bits per heavy atom. The van der Waals surface area contributed by atoms with Crippen LogP contribution in [0.25, 0.3) is 6.08 Å². The number of imide groups is 1. The van der Waals surface area contributed by atoms with E-state index in [2.05, 4.69) is 22.0 Å². The Bertz CT molecular complexity index is 1320. The standard InChI is InChI=1S/C26H19BrN2O4S/c1-32-23-12-18(8-11-22(23)33-16-20-5-3-2-4-19(20)14-28)13-24-25(30)29(26(31)34-24)15-17-6-9-21(27)10-7-17/h2-13H,15-16H2,1H3/b24-13-. The van der Waals surface area contributed by atoms with Crippen LogP contribution in [0.1, 0.15) is 22.3 Å². The smallest absolute Gasteiger partial charge is 0.293 e. The van der Waals surface area contributed by atoms with E-state index in [9.17, 15) is 14.9 Å². The third-order valence-corrected chi connectivity index (χ3v) is 6.57. The molecule has 0 atom stereocenters. The molecule has 0 spiro atoms. The number of amides is 2. The minimum Gasteiger partial charge on any atom is -0.493 e. The molecule has 0 N–H and O–H groups in total. The van der Waals surface area contributed by atoms with Crippen molar-refractivity contribution in [2.75, 3.05) is 7.11 Å². The van der Waals surface area contributed by atoms with Crippen LogP contribution in [0.15, 0.2) is 76.1 Å². The summed E-state index contributed by atoms with van der Waals surface area (Å²) in [6.45, 7) is 0.434. The second-order valence-electron chi connectivity index (χ2n) is 7.36. The van der Waals surface area contributed by atoms with Crippen LogP contribution < -0.4 is 9.47 Å². The van der Waals surface area contributed by atoms with E-state index in [1.807, 2.05) is 36.4 Å². The summed E-state index contributed by atoms with van der Waals surface area (Å²) in [5, 5.41) is 8.94. The van der Waals surface area contributed by atoms with Crippen molar-refractivity contribution >= 4 is 44.9 Å². The first-order valence-corrected chi connectivity index (χ1v) is 11.9. The van der Waals surface area contributed by atoms with Gasteiger partial charge in [0.2, 0.25) is 0 Å². The summed E-state index contributed by atoms with van der Waals surface area (Å²) in [6.07, 6.45) is 1.67. The van der Waals surface area contributed by atoms with Crippen LogP contribution in [0.5, 0.6) is 11.5 Å². The number of hydrogen-bond acceptors (Lipinski definition) is 6. The predicted octanol–water partition coefficient (Wildman–Crippen LogP) is 6.14. The maximum Gasteiger partial charge on any atom is 0.293 e. The molecule has 6 nitrogen and oxygen atoms in total. The van der Waals surface area contributed by atoms with E-state index >= 15 is 0 Å². The zero-order valence-electron chi connectivity index (χ0n) is 18.2. The van der Waals surface area contributed by atoms with Gasteiger partial charge in [0, 0.05) is 10.0 Å². The van der Waals surface area contributed by atoms with Crippen LogP contribution in [-0.4, -0.2) is 23.2 Å². The fourth-order valence-corrected chi connectivity index (χ4v) is 4.47. The molecule has 8 heteroatoms. The lowest BCUT2D eigenvalue weighted by Crippen LogP contribution is -2.27. The van der Waals surface area contributed by atoms with Gasteiger partial charge in [-0.05, 0) is 59.3 Å². The van der Waals surface area contributed by atoms with Gasteiger partial charge < -0.3 is 9.47 Å². The van der Waals surface area contributed by atoms with E-state index in [0.717, 1.165) is 27.4 Å². The molecule has 3 aromatic rings. The second kappa shape index (κ2) is 10.6. The molecule has 0 aliphatic carbocycles. The number of benzene rings is 3. The molecule has 0 unspecified atom stereocenters. The van der Waals surface area contributed by atoms with Crippen molar-refractivity contribution in [2.24, 2.45) is 0 Å². The summed E-state index contributed by atoms with van der Waals surface area (Å²) < 4.78 is 12.3. The molecule has 1 aliphatic rings. The topological polar surface area (TPSA) is 79.6 Å². The van der Waals surface area contributed by atoms with Crippen molar-refractivity contribution in [3.63, 3.8) is 0 Å². The third kappa shape index (κ3) is 5.33. The summed E-state index contributed by atoms with van der Waals surface area (Å²) >= 11 is 4.30. The van der Waals surface area contributed by atoms with Gasteiger partial charge in [-0.25, -0.2) is 0 Å². The SMILES string of the molecule is COc1cc(/C=C2\SC(=O)N(Cc3ccc(Br)cc3)C2=O)ccc1OCc1ccccc1C#N. The number of halogens is 1. The van der Waals surface area contributed by atoms with Crippen molar-refractivity contribution in [3.05, 3.63) is 98.4 Å². The highest BCUT2D eigenvalue weighted by atomic mass is 79.9. The highest BCUT2D eigenvalue weighted by Crippen LogP contribution is 2.35. The second-order valence-corrected chi connectivity index (χ2v) is 9.27. The van der Waals surface area contributed by atoms with E-state index < -0.39 is 0 Å². The van der Waals surface area contributed by atoms with E-state index in [0.29, 0.717) is 27.5 Å². The third-order valence-electron chi connectivity index (χ3n) is 5.13. The molecule has 0 aromatic heterocycles. The molecule has 170 valence electrons. The van der Waals surface area contributed by atoms with Crippen LogP contribution in [0, 0.1) is 11.3 Å². The molecule has 34 heavy (non-hydrogen) atoms. The molecule has 4 rings (SSSR count). The monoisotopic (exact) mass is 534 g/mol. The van der Waals surface area contributed by atoms with Crippen molar-refractivity contribution in [2.45, 2.75) is 13.2 Å². The highest BCUT2D eigenvalue weighted by Gasteiger charge is 2.35. The molecule has 0 saturated carbocycles. The molecule has 1 saturated heterocycles. The molecular formula is C26H19BrN2O4S. The minimum absolute atomic E-state index is 0.217. The van der Waals surface area contributed by atoms with E-state index in [1.54, 1.807) is 36.4 Å². The van der Waals surface area contributed by atoms with Crippen LogP contribution in [0.4, 0.5) is 4.79 Å². The van der Waals surface area contributed by atoms with Gasteiger partial charge in [0.15, 0.2) is 11.5 Å². The largest absolute Gasteiger partial charge is 0.493 e. The Hall–Kier alpha value is -3.54. The maximum absolute atomic E-state index is 12.9. The summed E-state index contributed by atoms with van der Waals surface area (Å²) in [5.74, 6) is 0.665. The van der Waals surface area contributed by atoms with Crippen molar-refractivity contribution in [1.29, 1.82) is 5.26 Å². The van der Waals surface area contributed by atoms with E-state index in [-0.39, 0.29) is 24.3 Å². The molecule has 3 aromatic carbocycles. The van der Waals surface area contributed by atoms with Crippen LogP contribution in [-0.2, 0) is 17.9 Å². The van der Waals surface area contributed by atoms with Crippen molar-refractivity contribution in [3.8, 4) is 17.6 Å².